The topological polar surface area (TPSA) is 145 Å². The Morgan fingerprint density at radius 1 is 1.29 bits per heavy atom. The summed E-state index contributed by atoms with van der Waals surface area (Å²) in [7, 11) is 0. The second-order valence-electron chi connectivity index (χ2n) is 7.22. The Morgan fingerprint density at radius 2 is 1.86 bits per heavy atom. The van der Waals surface area contributed by atoms with Crippen molar-refractivity contribution in [2.45, 2.75) is 31.7 Å². The van der Waals surface area contributed by atoms with Crippen LogP contribution in [-0.2, 0) is 14.3 Å². The number of hydrogen-bond donors (Lipinski definition) is 5. The maximum absolute atomic E-state index is 12.3. The minimum atomic E-state index is -1.53. The molecule has 0 saturated heterocycles. The summed E-state index contributed by atoms with van der Waals surface area (Å²) in [6.07, 6.45) is -2.45. The lowest BCUT2D eigenvalue weighted by Crippen LogP contribution is -2.54. The van der Waals surface area contributed by atoms with Gasteiger partial charge in [-0.3, -0.25) is 0 Å². The minimum absolute atomic E-state index is 0.0580. The lowest BCUT2D eigenvalue weighted by atomic mass is 9.58. The van der Waals surface area contributed by atoms with Gasteiger partial charge in [0.2, 0.25) is 0 Å². The number of aliphatic hydroxyl groups excluding tert-OH is 4. The van der Waals surface area contributed by atoms with E-state index in [4.69, 9.17) is 9.84 Å². The molecule has 5 N–H and O–H groups in total. The van der Waals surface area contributed by atoms with Crippen molar-refractivity contribution in [2.75, 3.05) is 13.2 Å². The molecule has 0 spiro atoms. The zero-order chi connectivity index (χ0) is 21.8. The van der Waals surface area contributed by atoms with Gasteiger partial charge in [0.25, 0.3) is 0 Å². The van der Waals surface area contributed by atoms with E-state index in [9.17, 15) is 30.0 Å². The maximum Gasteiger partial charge on any atom is 0.336 e. The molecule has 8 heteroatoms. The average Bonchev–Trinajstić information content (AvgIpc) is 2.65. The van der Waals surface area contributed by atoms with Gasteiger partial charge in [-0.2, -0.15) is 0 Å². The smallest absolute Gasteiger partial charge is 0.336 e. The van der Waals surface area contributed by atoms with Crippen molar-refractivity contribution in [3.63, 3.8) is 0 Å². The SMILES string of the molecule is C=C[C@@]1(C)C[C@H](OC(=O)C(=C)[C@@H](O)CO)[C@@H](C(=C)C(=O)O)[C@@H](O)[C@@H]1C(=C)CO. The van der Waals surface area contributed by atoms with Crippen LogP contribution in [0.4, 0.5) is 0 Å². The molecule has 8 nitrogen and oxygen atoms in total. The first-order valence-corrected chi connectivity index (χ1v) is 8.66. The molecule has 1 aliphatic carbocycles. The van der Waals surface area contributed by atoms with Crippen LogP contribution in [0.25, 0.3) is 0 Å². The number of hydrogen-bond acceptors (Lipinski definition) is 7. The number of aliphatic carboxylic acids is 1. The van der Waals surface area contributed by atoms with Gasteiger partial charge in [-0.15, -0.1) is 6.58 Å². The van der Waals surface area contributed by atoms with Crippen LogP contribution in [0.3, 0.4) is 0 Å². The van der Waals surface area contributed by atoms with E-state index in [0.29, 0.717) is 0 Å². The van der Waals surface area contributed by atoms with Crippen LogP contribution >= 0.6 is 0 Å². The maximum atomic E-state index is 12.3. The number of ether oxygens (including phenoxy) is 1. The predicted octanol–water partition coefficient (Wildman–Crippen LogP) is 0.186. The van der Waals surface area contributed by atoms with Crippen LogP contribution in [0.5, 0.6) is 0 Å². The summed E-state index contributed by atoms with van der Waals surface area (Å²) in [4.78, 5) is 23.8. The van der Waals surface area contributed by atoms with Gasteiger partial charge in [0.05, 0.1) is 30.8 Å². The van der Waals surface area contributed by atoms with Crippen molar-refractivity contribution >= 4 is 11.9 Å². The highest BCUT2D eigenvalue weighted by molar-refractivity contribution is 5.89. The molecule has 1 rings (SSSR count). The Balaban J connectivity index is 3.35. The van der Waals surface area contributed by atoms with Crippen LogP contribution in [0.2, 0.25) is 0 Å². The lowest BCUT2D eigenvalue weighted by Gasteiger charge is -2.50. The molecule has 0 amide bonds. The largest absolute Gasteiger partial charge is 0.478 e. The van der Waals surface area contributed by atoms with E-state index in [1.807, 2.05) is 0 Å². The first kappa shape index (κ1) is 23.8. The van der Waals surface area contributed by atoms with Gasteiger partial charge in [0, 0.05) is 11.5 Å². The highest BCUT2D eigenvalue weighted by Crippen LogP contribution is 2.50. The van der Waals surface area contributed by atoms with Gasteiger partial charge in [-0.1, -0.05) is 32.7 Å². The summed E-state index contributed by atoms with van der Waals surface area (Å²) in [5.74, 6) is -4.36. The Bertz CT molecular complexity index is 682. The van der Waals surface area contributed by atoms with Crippen molar-refractivity contribution in [3.05, 3.63) is 49.1 Å². The van der Waals surface area contributed by atoms with Crippen molar-refractivity contribution in [1.29, 1.82) is 0 Å². The van der Waals surface area contributed by atoms with E-state index in [0.717, 1.165) is 0 Å². The summed E-state index contributed by atoms with van der Waals surface area (Å²) in [6.45, 7) is 14.9. The number of aliphatic hydroxyl groups is 4. The van der Waals surface area contributed by atoms with Gasteiger partial charge in [0.15, 0.2) is 0 Å². The van der Waals surface area contributed by atoms with Crippen molar-refractivity contribution in [3.8, 4) is 0 Å². The third kappa shape index (κ3) is 4.59. The van der Waals surface area contributed by atoms with E-state index in [1.54, 1.807) is 6.92 Å². The van der Waals surface area contributed by atoms with E-state index in [-0.39, 0.29) is 17.6 Å². The Morgan fingerprint density at radius 3 is 2.29 bits per heavy atom. The summed E-state index contributed by atoms with van der Waals surface area (Å²) in [5.41, 5.74) is -1.38. The third-order valence-electron chi connectivity index (χ3n) is 5.34. The average molecular weight is 396 g/mol. The van der Waals surface area contributed by atoms with Crippen LogP contribution in [0.1, 0.15) is 13.3 Å². The Kier molecular flexibility index (Phi) is 7.89. The molecule has 0 bridgehead atoms. The second kappa shape index (κ2) is 9.29. The van der Waals surface area contributed by atoms with E-state index in [1.165, 1.54) is 6.08 Å². The third-order valence-corrected chi connectivity index (χ3v) is 5.34. The molecular formula is C20H28O8. The molecule has 0 aliphatic heterocycles. The molecule has 6 atom stereocenters. The first-order valence-electron chi connectivity index (χ1n) is 8.66. The van der Waals surface area contributed by atoms with Crippen molar-refractivity contribution in [1.82, 2.24) is 0 Å². The van der Waals surface area contributed by atoms with Crippen molar-refractivity contribution < 1.29 is 39.9 Å². The predicted molar refractivity (Wildman–Crippen MR) is 101 cm³/mol. The summed E-state index contributed by atoms with van der Waals surface area (Å²) >= 11 is 0. The first-order chi connectivity index (χ1) is 12.9. The number of rotatable bonds is 9. The molecular weight excluding hydrogens is 368 g/mol. The van der Waals surface area contributed by atoms with Crippen LogP contribution < -0.4 is 0 Å². The molecule has 0 aromatic carbocycles. The van der Waals surface area contributed by atoms with Gasteiger partial charge >= 0.3 is 11.9 Å². The molecule has 0 radical (unpaired) electrons. The fourth-order valence-corrected chi connectivity index (χ4v) is 3.67. The van der Waals surface area contributed by atoms with E-state index >= 15 is 0 Å². The number of carboxylic acid groups (broad SMARTS) is 1. The van der Waals surface area contributed by atoms with Crippen LogP contribution in [0, 0.1) is 17.3 Å². The van der Waals surface area contributed by atoms with Crippen LogP contribution in [0.15, 0.2) is 49.1 Å². The van der Waals surface area contributed by atoms with Gasteiger partial charge < -0.3 is 30.3 Å². The zero-order valence-electron chi connectivity index (χ0n) is 15.9. The fourth-order valence-electron chi connectivity index (χ4n) is 3.67. The fraction of sp³-hybridized carbons (Fsp3) is 0.500. The number of allylic oxidation sites excluding steroid dienone is 1. The number of carboxylic acids is 1. The highest BCUT2D eigenvalue weighted by atomic mass is 16.5. The molecule has 0 aromatic heterocycles. The number of esters is 1. The quantitative estimate of drug-likeness (QED) is 0.211. The zero-order valence-corrected chi connectivity index (χ0v) is 15.9. The second-order valence-corrected chi connectivity index (χ2v) is 7.22. The molecule has 1 fully saturated rings. The molecule has 0 aromatic rings. The van der Waals surface area contributed by atoms with Crippen LogP contribution in [-0.4, -0.2) is 69.0 Å². The molecule has 28 heavy (non-hydrogen) atoms. The lowest BCUT2D eigenvalue weighted by molar-refractivity contribution is -0.162. The molecule has 1 saturated carbocycles. The summed E-state index contributed by atoms with van der Waals surface area (Å²) < 4.78 is 5.36. The van der Waals surface area contributed by atoms with E-state index in [2.05, 4.69) is 26.3 Å². The Hall–Kier alpha value is -2.26. The van der Waals surface area contributed by atoms with Gasteiger partial charge in [-0.05, 0) is 17.4 Å². The molecule has 0 unspecified atom stereocenters. The van der Waals surface area contributed by atoms with E-state index < -0.39 is 66.3 Å². The monoisotopic (exact) mass is 396 g/mol. The number of carbonyl (C=O) groups is 2. The van der Waals surface area contributed by atoms with Crippen molar-refractivity contribution in [2.24, 2.45) is 17.3 Å². The minimum Gasteiger partial charge on any atom is -0.478 e. The van der Waals surface area contributed by atoms with Gasteiger partial charge in [-0.25, -0.2) is 9.59 Å². The normalized spacial score (nSPS) is 30.8. The Labute approximate surface area is 163 Å². The van der Waals surface area contributed by atoms with Gasteiger partial charge in [0.1, 0.15) is 12.2 Å². The highest BCUT2D eigenvalue weighted by Gasteiger charge is 2.53. The molecule has 1 aliphatic rings. The molecule has 156 valence electrons. The summed E-state index contributed by atoms with van der Waals surface area (Å²) in [6, 6.07) is 0. The standard InChI is InChI=1S/C20H28O8/c1-6-20(5)7-14(28-19(27)11(3)13(23)9-22)15(12(4)18(25)26)17(24)16(20)10(2)8-21/h6,13-17,21-24H,1-4,7-9H2,5H3,(H,25,26)/t13-,14-,15+,16-,17+,20-/m0/s1. The summed E-state index contributed by atoms with van der Waals surface area (Å²) in [5, 5.41) is 48.4. The molecule has 0 heterocycles. The number of carbonyl (C=O) groups excluding carboxylic acids is 1.